The molecule has 26 heavy (non-hydrogen) atoms. The molecule has 7 nitrogen and oxygen atoms in total. The van der Waals surface area contributed by atoms with Crippen LogP contribution in [-0.2, 0) is 11.3 Å². The van der Waals surface area contributed by atoms with Crippen molar-refractivity contribution in [2.24, 2.45) is 0 Å². The lowest BCUT2D eigenvalue weighted by atomic mass is 10.1. The zero-order valence-corrected chi connectivity index (χ0v) is 14.6. The molecule has 1 aliphatic heterocycles. The summed E-state index contributed by atoms with van der Waals surface area (Å²) in [6.45, 7) is 5.78. The molecule has 0 aliphatic carbocycles. The van der Waals surface area contributed by atoms with Crippen molar-refractivity contribution >= 4 is 17.3 Å². The van der Waals surface area contributed by atoms with E-state index in [2.05, 4.69) is 10.2 Å². The highest BCUT2D eigenvalue weighted by atomic mass is 16.6. The van der Waals surface area contributed by atoms with Crippen LogP contribution in [0, 0.1) is 17.0 Å². The van der Waals surface area contributed by atoms with Crippen molar-refractivity contribution in [3.05, 3.63) is 69.3 Å². The number of ether oxygens (including phenoxy) is 1. The minimum absolute atomic E-state index is 0.0105. The number of carbonyl (C=O) groups is 1. The minimum atomic E-state index is -0.453. The second kappa shape index (κ2) is 8.07. The Kier molecular flexibility index (Phi) is 5.60. The van der Waals surface area contributed by atoms with Crippen LogP contribution in [0.1, 0.15) is 21.5 Å². The van der Waals surface area contributed by atoms with Crippen molar-refractivity contribution in [3.63, 3.8) is 0 Å². The topological polar surface area (TPSA) is 84.7 Å². The zero-order valence-electron chi connectivity index (χ0n) is 14.6. The van der Waals surface area contributed by atoms with Crippen LogP contribution in [0.4, 0.5) is 11.4 Å². The first-order valence-electron chi connectivity index (χ1n) is 8.49. The summed E-state index contributed by atoms with van der Waals surface area (Å²) < 4.78 is 5.34. The van der Waals surface area contributed by atoms with Crippen LogP contribution in [0.25, 0.3) is 0 Å². The number of morpholine rings is 1. The maximum Gasteiger partial charge on any atom is 0.274 e. The van der Waals surface area contributed by atoms with Gasteiger partial charge in [-0.2, -0.15) is 0 Å². The molecular formula is C19H21N3O4. The molecule has 1 amide bonds. The van der Waals surface area contributed by atoms with Crippen LogP contribution in [0.5, 0.6) is 0 Å². The molecule has 2 aromatic rings. The number of anilines is 1. The Morgan fingerprint density at radius 2 is 1.88 bits per heavy atom. The normalized spacial score (nSPS) is 14.8. The number of hydrogen-bond donors (Lipinski definition) is 1. The highest BCUT2D eigenvalue weighted by Gasteiger charge is 2.16. The summed E-state index contributed by atoms with van der Waals surface area (Å²) in [6.07, 6.45) is 0. The van der Waals surface area contributed by atoms with E-state index in [1.165, 1.54) is 6.07 Å². The quantitative estimate of drug-likeness (QED) is 0.658. The van der Waals surface area contributed by atoms with E-state index >= 15 is 0 Å². The lowest BCUT2D eigenvalue weighted by molar-refractivity contribution is -0.385. The second-order valence-electron chi connectivity index (χ2n) is 6.25. The van der Waals surface area contributed by atoms with Gasteiger partial charge in [-0.25, -0.2) is 0 Å². The number of nitro benzene ring substituents is 1. The summed E-state index contributed by atoms with van der Waals surface area (Å²) in [5.74, 6) is -0.286. The van der Waals surface area contributed by atoms with Gasteiger partial charge < -0.3 is 10.1 Å². The van der Waals surface area contributed by atoms with E-state index in [0.717, 1.165) is 38.4 Å². The molecule has 2 aromatic carbocycles. The van der Waals surface area contributed by atoms with Gasteiger partial charge >= 0.3 is 0 Å². The third-order valence-electron chi connectivity index (χ3n) is 4.48. The fourth-order valence-corrected chi connectivity index (χ4v) is 2.93. The molecule has 1 fully saturated rings. The van der Waals surface area contributed by atoms with E-state index in [9.17, 15) is 14.9 Å². The zero-order chi connectivity index (χ0) is 18.5. The lowest BCUT2D eigenvalue weighted by Gasteiger charge is -2.26. The molecule has 0 bridgehead atoms. The highest BCUT2D eigenvalue weighted by Crippen LogP contribution is 2.25. The van der Waals surface area contributed by atoms with E-state index in [4.69, 9.17) is 4.74 Å². The first kappa shape index (κ1) is 18.0. The maximum absolute atomic E-state index is 12.4. The first-order valence-corrected chi connectivity index (χ1v) is 8.49. The Labute approximate surface area is 151 Å². The van der Waals surface area contributed by atoms with E-state index in [1.807, 2.05) is 12.1 Å². The number of hydrogen-bond acceptors (Lipinski definition) is 5. The molecule has 0 atom stereocenters. The standard InChI is InChI=1S/C19H21N3O4/c1-14-17(3-2-4-18(14)22(24)25)20-19(23)16-7-5-15(6-8-16)13-21-9-11-26-12-10-21/h2-8H,9-13H2,1H3,(H,20,23). The summed E-state index contributed by atoms with van der Waals surface area (Å²) in [5, 5.41) is 13.8. The molecule has 0 aromatic heterocycles. The van der Waals surface area contributed by atoms with Crippen molar-refractivity contribution in [3.8, 4) is 0 Å². The minimum Gasteiger partial charge on any atom is -0.379 e. The average molecular weight is 355 g/mol. The Bertz CT molecular complexity index is 799. The van der Waals surface area contributed by atoms with E-state index in [1.54, 1.807) is 31.2 Å². The van der Waals surface area contributed by atoms with Crippen LogP contribution in [0.15, 0.2) is 42.5 Å². The average Bonchev–Trinajstić information content (AvgIpc) is 2.64. The highest BCUT2D eigenvalue weighted by molar-refractivity contribution is 6.04. The second-order valence-corrected chi connectivity index (χ2v) is 6.25. The SMILES string of the molecule is Cc1c(NC(=O)c2ccc(CN3CCOCC3)cc2)cccc1[N+](=O)[O-]. The number of carbonyl (C=O) groups excluding carboxylic acids is 1. The van der Waals surface area contributed by atoms with E-state index < -0.39 is 4.92 Å². The molecule has 1 aliphatic rings. The number of nitro groups is 1. The predicted octanol–water partition coefficient (Wildman–Crippen LogP) is 2.99. The van der Waals surface area contributed by atoms with Crippen molar-refractivity contribution in [1.29, 1.82) is 0 Å². The first-order chi connectivity index (χ1) is 12.5. The Morgan fingerprint density at radius 1 is 1.19 bits per heavy atom. The van der Waals surface area contributed by atoms with Gasteiger partial charge in [-0.05, 0) is 30.7 Å². The van der Waals surface area contributed by atoms with Gasteiger partial charge in [0.2, 0.25) is 0 Å². The molecule has 1 heterocycles. The number of nitrogens with one attached hydrogen (secondary N) is 1. The van der Waals surface area contributed by atoms with Gasteiger partial charge in [-0.3, -0.25) is 19.8 Å². The Morgan fingerprint density at radius 3 is 2.54 bits per heavy atom. The molecule has 1 saturated heterocycles. The summed E-state index contributed by atoms with van der Waals surface area (Å²) in [5.41, 5.74) is 2.52. The van der Waals surface area contributed by atoms with Gasteiger partial charge in [-0.15, -0.1) is 0 Å². The Balaban J connectivity index is 1.67. The van der Waals surface area contributed by atoms with E-state index in [-0.39, 0.29) is 11.6 Å². The molecule has 0 radical (unpaired) electrons. The summed E-state index contributed by atoms with van der Waals surface area (Å²) >= 11 is 0. The number of rotatable bonds is 5. The van der Waals surface area contributed by atoms with Crippen molar-refractivity contribution in [1.82, 2.24) is 4.90 Å². The fraction of sp³-hybridized carbons (Fsp3) is 0.316. The Hall–Kier alpha value is -2.77. The molecule has 1 N–H and O–H groups in total. The van der Waals surface area contributed by atoms with Crippen molar-refractivity contribution in [2.45, 2.75) is 13.5 Å². The molecule has 0 saturated carbocycles. The molecule has 0 spiro atoms. The van der Waals surface area contributed by atoms with Gasteiger partial charge in [0, 0.05) is 31.3 Å². The monoisotopic (exact) mass is 355 g/mol. The predicted molar refractivity (Wildman–Crippen MR) is 98.3 cm³/mol. The van der Waals surface area contributed by atoms with Gasteiger partial charge in [0.25, 0.3) is 11.6 Å². The van der Waals surface area contributed by atoms with Gasteiger partial charge in [0.15, 0.2) is 0 Å². The van der Waals surface area contributed by atoms with Crippen LogP contribution in [-0.4, -0.2) is 42.0 Å². The lowest BCUT2D eigenvalue weighted by Crippen LogP contribution is -2.35. The smallest absolute Gasteiger partial charge is 0.274 e. The third kappa shape index (κ3) is 4.25. The molecule has 3 rings (SSSR count). The summed E-state index contributed by atoms with van der Waals surface area (Å²) in [7, 11) is 0. The van der Waals surface area contributed by atoms with Crippen molar-refractivity contribution < 1.29 is 14.5 Å². The molecule has 7 heteroatoms. The van der Waals surface area contributed by atoms with Crippen LogP contribution in [0.2, 0.25) is 0 Å². The van der Waals surface area contributed by atoms with Gasteiger partial charge in [0.1, 0.15) is 0 Å². The van der Waals surface area contributed by atoms with Crippen LogP contribution >= 0.6 is 0 Å². The summed E-state index contributed by atoms with van der Waals surface area (Å²) in [6, 6.07) is 12.1. The number of amides is 1. The summed E-state index contributed by atoms with van der Waals surface area (Å²) in [4.78, 5) is 25.3. The number of benzene rings is 2. The van der Waals surface area contributed by atoms with Crippen LogP contribution in [0.3, 0.4) is 0 Å². The number of nitrogens with zero attached hydrogens (tertiary/aromatic N) is 2. The van der Waals surface area contributed by atoms with Gasteiger partial charge in [0.05, 0.1) is 29.4 Å². The largest absolute Gasteiger partial charge is 0.379 e. The molecule has 136 valence electrons. The molecular weight excluding hydrogens is 334 g/mol. The molecule has 0 unspecified atom stereocenters. The fourth-order valence-electron chi connectivity index (χ4n) is 2.93. The third-order valence-corrected chi connectivity index (χ3v) is 4.48. The van der Waals surface area contributed by atoms with E-state index in [0.29, 0.717) is 16.8 Å². The van der Waals surface area contributed by atoms with Gasteiger partial charge in [-0.1, -0.05) is 18.2 Å². The maximum atomic E-state index is 12.4. The van der Waals surface area contributed by atoms with Crippen molar-refractivity contribution in [2.75, 3.05) is 31.6 Å². The van der Waals surface area contributed by atoms with Crippen LogP contribution < -0.4 is 5.32 Å².